The average Bonchev–Trinajstić information content (AvgIpc) is 2.40. The maximum absolute atomic E-state index is 4.75. The summed E-state index contributed by atoms with van der Waals surface area (Å²) in [5.41, 5.74) is 4.51. The van der Waals surface area contributed by atoms with Crippen molar-refractivity contribution in [1.82, 2.24) is 4.98 Å². The van der Waals surface area contributed by atoms with Gasteiger partial charge in [-0.25, -0.2) is 4.98 Å². The van der Waals surface area contributed by atoms with E-state index in [1.807, 2.05) is 0 Å². The number of fused-ring (bicyclic) bond motifs is 1. The number of nitrogens with zero attached hydrogens (tertiary/aromatic N) is 1. The molecule has 88 valence electrons. The van der Waals surface area contributed by atoms with Crippen LogP contribution in [0.5, 0.6) is 0 Å². The van der Waals surface area contributed by atoms with Crippen LogP contribution in [0.15, 0.2) is 54.6 Å². The number of hydrogen-bond donors (Lipinski definition) is 0. The monoisotopic (exact) mass is 251 g/mol. The molecule has 1 aromatic heterocycles. The van der Waals surface area contributed by atoms with Crippen LogP contribution in [0.1, 0.15) is 5.56 Å². The standard InChI is InChI=1S/C16H14NP/c1-11-5-7-12(8-6-11)14-10-9-13-3-2-4-15(18)16(13)17-14/h2-10H,18H2,1H3. The molecule has 0 aliphatic heterocycles. The second-order valence-corrected chi connectivity index (χ2v) is 5.10. The minimum Gasteiger partial charge on any atom is -0.247 e. The summed E-state index contributed by atoms with van der Waals surface area (Å²) < 4.78 is 0. The predicted octanol–water partition coefficient (Wildman–Crippen LogP) is 3.71. The van der Waals surface area contributed by atoms with Gasteiger partial charge in [-0.05, 0) is 18.3 Å². The van der Waals surface area contributed by atoms with E-state index in [0.717, 1.165) is 22.1 Å². The summed E-state index contributed by atoms with van der Waals surface area (Å²) in [5, 5.41) is 2.32. The van der Waals surface area contributed by atoms with E-state index in [9.17, 15) is 0 Å². The summed E-state index contributed by atoms with van der Waals surface area (Å²) >= 11 is 0. The molecule has 0 spiro atoms. The fourth-order valence-corrected chi connectivity index (χ4v) is 2.40. The third-order valence-electron chi connectivity index (χ3n) is 3.10. The van der Waals surface area contributed by atoms with Crippen LogP contribution in [-0.4, -0.2) is 4.98 Å². The zero-order valence-corrected chi connectivity index (χ0v) is 11.4. The molecule has 3 rings (SSSR count). The van der Waals surface area contributed by atoms with Crippen molar-refractivity contribution in [3.63, 3.8) is 0 Å². The van der Waals surface area contributed by atoms with Crippen LogP contribution in [0.3, 0.4) is 0 Å². The fraction of sp³-hybridized carbons (Fsp3) is 0.0625. The first-order chi connectivity index (χ1) is 8.74. The minimum absolute atomic E-state index is 1.03. The summed E-state index contributed by atoms with van der Waals surface area (Å²) in [4.78, 5) is 4.75. The Morgan fingerprint density at radius 3 is 2.44 bits per heavy atom. The molecule has 0 aliphatic carbocycles. The molecule has 0 aliphatic rings. The van der Waals surface area contributed by atoms with Crippen molar-refractivity contribution in [2.45, 2.75) is 6.92 Å². The molecule has 1 unspecified atom stereocenters. The van der Waals surface area contributed by atoms with Gasteiger partial charge >= 0.3 is 0 Å². The molecule has 1 atom stereocenters. The lowest BCUT2D eigenvalue weighted by Crippen LogP contribution is -1.96. The van der Waals surface area contributed by atoms with Gasteiger partial charge in [0.25, 0.3) is 0 Å². The maximum atomic E-state index is 4.75. The predicted molar refractivity (Wildman–Crippen MR) is 81.3 cm³/mol. The summed E-state index contributed by atoms with van der Waals surface area (Å²) in [5.74, 6) is 0. The van der Waals surface area contributed by atoms with Crippen molar-refractivity contribution in [2.24, 2.45) is 0 Å². The third kappa shape index (κ3) is 2.02. The van der Waals surface area contributed by atoms with Gasteiger partial charge in [0, 0.05) is 10.9 Å². The summed E-state index contributed by atoms with van der Waals surface area (Å²) in [6, 6.07) is 18.9. The number of hydrogen-bond acceptors (Lipinski definition) is 1. The van der Waals surface area contributed by atoms with Crippen LogP contribution >= 0.6 is 9.24 Å². The Labute approximate surface area is 109 Å². The van der Waals surface area contributed by atoms with Gasteiger partial charge in [-0.3, -0.25) is 0 Å². The minimum atomic E-state index is 1.03. The number of rotatable bonds is 1. The highest BCUT2D eigenvalue weighted by Crippen LogP contribution is 2.21. The van der Waals surface area contributed by atoms with Gasteiger partial charge in [0.05, 0.1) is 11.2 Å². The van der Waals surface area contributed by atoms with Crippen molar-refractivity contribution in [3.8, 4) is 11.3 Å². The highest BCUT2D eigenvalue weighted by Gasteiger charge is 2.03. The molecule has 0 saturated carbocycles. The molecule has 0 radical (unpaired) electrons. The quantitative estimate of drug-likeness (QED) is 0.601. The summed E-state index contributed by atoms with van der Waals surface area (Å²) in [6.07, 6.45) is 0. The van der Waals surface area contributed by atoms with Crippen LogP contribution in [-0.2, 0) is 0 Å². The van der Waals surface area contributed by atoms with E-state index in [0.29, 0.717) is 0 Å². The van der Waals surface area contributed by atoms with Crippen LogP contribution in [0.2, 0.25) is 0 Å². The zero-order valence-electron chi connectivity index (χ0n) is 10.2. The maximum Gasteiger partial charge on any atom is 0.0780 e. The molecule has 0 amide bonds. The smallest absolute Gasteiger partial charge is 0.0780 e. The number of aromatic nitrogens is 1. The fourth-order valence-electron chi connectivity index (χ4n) is 2.06. The van der Waals surface area contributed by atoms with Crippen molar-refractivity contribution >= 4 is 25.4 Å². The topological polar surface area (TPSA) is 12.9 Å². The SMILES string of the molecule is Cc1ccc(-c2ccc3cccc(P)c3n2)cc1. The number of para-hydroxylation sites is 1. The van der Waals surface area contributed by atoms with Crippen molar-refractivity contribution in [1.29, 1.82) is 0 Å². The van der Waals surface area contributed by atoms with Crippen LogP contribution in [0, 0.1) is 6.92 Å². The first-order valence-corrected chi connectivity index (χ1v) is 6.54. The van der Waals surface area contributed by atoms with Crippen molar-refractivity contribution in [3.05, 3.63) is 60.2 Å². The first kappa shape index (κ1) is 11.4. The second kappa shape index (κ2) is 4.51. The van der Waals surface area contributed by atoms with E-state index < -0.39 is 0 Å². The average molecular weight is 251 g/mol. The number of pyridine rings is 1. The molecule has 0 saturated heterocycles. The van der Waals surface area contributed by atoms with Crippen LogP contribution < -0.4 is 5.30 Å². The summed E-state index contributed by atoms with van der Waals surface area (Å²) in [6.45, 7) is 2.10. The van der Waals surface area contributed by atoms with Gasteiger partial charge in [-0.15, -0.1) is 9.24 Å². The van der Waals surface area contributed by atoms with E-state index in [1.165, 1.54) is 10.9 Å². The van der Waals surface area contributed by atoms with Gasteiger partial charge in [0.1, 0.15) is 0 Å². The van der Waals surface area contributed by atoms with Crippen LogP contribution in [0.4, 0.5) is 0 Å². The molecular formula is C16H14NP. The van der Waals surface area contributed by atoms with Gasteiger partial charge in [-0.1, -0.05) is 54.1 Å². The molecule has 0 N–H and O–H groups in total. The summed E-state index contributed by atoms with van der Waals surface area (Å²) in [7, 11) is 2.75. The second-order valence-electron chi connectivity index (χ2n) is 4.48. The van der Waals surface area contributed by atoms with Gasteiger partial charge in [-0.2, -0.15) is 0 Å². The van der Waals surface area contributed by atoms with Gasteiger partial charge in [0.15, 0.2) is 0 Å². The molecule has 1 heterocycles. The lowest BCUT2D eigenvalue weighted by atomic mass is 10.1. The normalized spacial score (nSPS) is 10.8. The van der Waals surface area contributed by atoms with Gasteiger partial charge in [0.2, 0.25) is 0 Å². The van der Waals surface area contributed by atoms with Crippen molar-refractivity contribution < 1.29 is 0 Å². The number of benzene rings is 2. The Kier molecular flexibility index (Phi) is 2.85. The van der Waals surface area contributed by atoms with E-state index in [-0.39, 0.29) is 0 Å². The van der Waals surface area contributed by atoms with Crippen molar-refractivity contribution in [2.75, 3.05) is 0 Å². The van der Waals surface area contributed by atoms with E-state index in [4.69, 9.17) is 4.98 Å². The molecule has 0 bridgehead atoms. The first-order valence-electron chi connectivity index (χ1n) is 5.96. The molecule has 0 fully saturated rings. The largest absolute Gasteiger partial charge is 0.247 e. The van der Waals surface area contributed by atoms with E-state index in [1.54, 1.807) is 0 Å². The Morgan fingerprint density at radius 2 is 1.67 bits per heavy atom. The molecule has 2 aromatic carbocycles. The molecular weight excluding hydrogens is 237 g/mol. The lowest BCUT2D eigenvalue weighted by Gasteiger charge is -2.05. The van der Waals surface area contributed by atoms with E-state index in [2.05, 4.69) is 70.8 Å². The zero-order chi connectivity index (χ0) is 12.5. The molecule has 3 aromatic rings. The highest BCUT2D eigenvalue weighted by molar-refractivity contribution is 7.28. The van der Waals surface area contributed by atoms with Gasteiger partial charge < -0.3 is 0 Å². The van der Waals surface area contributed by atoms with E-state index >= 15 is 0 Å². The Bertz CT molecular complexity index is 702. The Hall–Kier alpha value is -1.72. The van der Waals surface area contributed by atoms with Crippen LogP contribution in [0.25, 0.3) is 22.2 Å². The molecule has 18 heavy (non-hydrogen) atoms. The molecule has 1 nitrogen and oxygen atoms in total. The lowest BCUT2D eigenvalue weighted by molar-refractivity contribution is 1.39. The number of aryl methyl sites for hydroxylation is 1. The third-order valence-corrected chi connectivity index (χ3v) is 3.56. The highest BCUT2D eigenvalue weighted by atomic mass is 31.0. The Balaban J connectivity index is 2.18. The Morgan fingerprint density at radius 1 is 0.889 bits per heavy atom. The molecule has 2 heteroatoms.